The van der Waals surface area contributed by atoms with Gasteiger partial charge in [-0.15, -0.1) is 0 Å². The van der Waals surface area contributed by atoms with Crippen LogP contribution in [0.4, 0.5) is 5.82 Å². The molecule has 0 atom stereocenters. The van der Waals surface area contributed by atoms with Gasteiger partial charge in [-0.1, -0.05) is 0 Å². The number of amides is 1. The summed E-state index contributed by atoms with van der Waals surface area (Å²) in [4.78, 5) is 16.2. The van der Waals surface area contributed by atoms with Crippen LogP contribution in [0.25, 0.3) is 0 Å². The molecule has 2 N–H and O–H groups in total. The number of hydrogen-bond donors (Lipinski definition) is 2. The van der Waals surface area contributed by atoms with Crippen LogP contribution >= 0.6 is 15.9 Å². The molecule has 0 bridgehead atoms. The molecule has 1 aliphatic rings. The number of carbonyl (C=O) groups is 1. The fourth-order valence-electron chi connectivity index (χ4n) is 1.95. The van der Waals surface area contributed by atoms with Crippen molar-refractivity contribution in [2.45, 2.75) is 18.9 Å². The van der Waals surface area contributed by atoms with E-state index in [0.717, 1.165) is 12.8 Å². The van der Waals surface area contributed by atoms with Crippen LogP contribution in [0.15, 0.2) is 35.1 Å². The molecule has 1 aliphatic carbocycles. The highest BCUT2D eigenvalue weighted by Gasteiger charge is 2.27. The van der Waals surface area contributed by atoms with Gasteiger partial charge in [0.05, 0.1) is 0 Å². The number of hydrogen-bond acceptors (Lipinski definition) is 3. The van der Waals surface area contributed by atoms with Gasteiger partial charge in [0.1, 0.15) is 10.3 Å². The van der Waals surface area contributed by atoms with E-state index in [9.17, 15) is 9.90 Å². The molecule has 19 heavy (non-hydrogen) atoms. The van der Waals surface area contributed by atoms with Crippen LogP contribution in [0.1, 0.15) is 29.4 Å². The summed E-state index contributed by atoms with van der Waals surface area (Å²) in [5.41, 5.74) is 0.587. The van der Waals surface area contributed by atoms with Gasteiger partial charge in [-0.25, -0.2) is 4.98 Å². The summed E-state index contributed by atoms with van der Waals surface area (Å²) in [5, 5.41) is 12.3. The molecular formula is C13H12BrN3O2. The Bertz CT molecular complexity index is 635. The van der Waals surface area contributed by atoms with E-state index in [0.29, 0.717) is 16.3 Å². The highest BCUT2D eigenvalue weighted by Crippen LogP contribution is 2.36. The van der Waals surface area contributed by atoms with Crippen molar-refractivity contribution in [1.29, 1.82) is 0 Å². The lowest BCUT2D eigenvalue weighted by atomic mass is 10.3. The van der Waals surface area contributed by atoms with Crippen molar-refractivity contribution in [2.75, 3.05) is 5.32 Å². The van der Waals surface area contributed by atoms with Crippen molar-refractivity contribution < 1.29 is 9.90 Å². The fourth-order valence-corrected chi connectivity index (χ4v) is 2.26. The summed E-state index contributed by atoms with van der Waals surface area (Å²) in [5.74, 6) is -0.165. The van der Waals surface area contributed by atoms with Crippen LogP contribution in [0, 0.1) is 0 Å². The Morgan fingerprint density at radius 3 is 2.95 bits per heavy atom. The summed E-state index contributed by atoms with van der Waals surface area (Å²) in [6.07, 6.45) is 4.12. The van der Waals surface area contributed by atoms with E-state index < -0.39 is 0 Å². The number of halogens is 1. The van der Waals surface area contributed by atoms with Crippen LogP contribution in [0.3, 0.4) is 0 Å². The average molecular weight is 322 g/mol. The number of aromatic hydroxyl groups is 1. The zero-order valence-electron chi connectivity index (χ0n) is 10.0. The largest absolute Gasteiger partial charge is 0.504 e. The lowest BCUT2D eigenvalue weighted by Gasteiger charge is -2.09. The first-order valence-corrected chi connectivity index (χ1v) is 6.78. The third-order valence-corrected chi connectivity index (χ3v) is 3.47. The molecule has 0 spiro atoms. The summed E-state index contributed by atoms with van der Waals surface area (Å²) in [6.45, 7) is 0. The fraction of sp³-hybridized carbons (Fsp3) is 0.231. The van der Waals surface area contributed by atoms with Crippen molar-refractivity contribution in [3.63, 3.8) is 0 Å². The molecule has 0 aliphatic heterocycles. The van der Waals surface area contributed by atoms with E-state index in [1.54, 1.807) is 12.1 Å². The number of nitrogens with zero attached hydrogens (tertiary/aromatic N) is 2. The maximum atomic E-state index is 12.2. The minimum Gasteiger partial charge on any atom is -0.504 e. The maximum Gasteiger partial charge on any atom is 0.273 e. The van der Waals surface area contributed by atoms with Crippen LogP contribution in [0.5, 0.6) is 5.75 Å². The predicted octanol–water partition coefficient (Wildman–Crippen LogP) is 2.94. The molecule has 0 aromatic carbocycles. The second-order valence-electron chi connectivity index (χ2n) is 4.49. The summed E-state index contributed by atoms with van der Waals surface area (Å²) in [6, 6.07) is 7.13. The van der Waals surface area contributed by atoms with Gasteiger partial charge in [-0.2, -0.15) is 0 Å². The lowest BCUT2D eigenvalue weighted by Crippen LogP contribution is -2.17. The van der Waals surface area contributed by atoms with Gasteiger partial charge in [-0.3, -0.25) is 4.79 Å². The van der Waals surface area contributed by atoms with Gasteiger partial charge in [0, 0.05) is 12.2 Å². The van der Waals surface area contributed by atoms with Crippen LogP contribution in [0.2, 0.25) is 0 Å². The van der Waals surface area contributed by atoms with E-state index in [4.69, 9.17) is 0 Å². The standard InChI is InChI=1S/C13H12BrN3O2/c14-11-6-5-10(18)12(15-11)16-13(19)9-2-1-7-17(9)8-3-4-8/h1-2,5-8,18H,3-4H2,(H,15,16,19). The molecule has 0 saturated heterocycles. The van der Waals surface area contributed by atoms with Crippen molar-refractivity contribution >= 4 is 27.7 Å². The number of anilines is 1. The maximum absolute atomic E-state index is 12.2. The van der Waals surface area contributed by atoms with Gasteiger partial charge in [0.15, 0.2) is 11.6 Å². The summed E-state index contributed by atoms with van der Waals surface area (Å²) < 4.78 is 2.52. The smallest absolute Gasteiger partial charge is 0.273 e. The first kappa shape index (κ1) is 12.2. The van der Waals surface area contributed by atoms with Gasteiger partial charge in [-0.05, 0) is 53.0 Å². The number of aromatic nitrogens is 2. The third kappa shape index (κ3) is 2.49. The summed E-state index contributed by atoms with van der Waals surface area (Å²) in [7, 11) is 0. The van der Waals surface area contributed by atoms with Crippen molar-refractivity contribution in [2.24, 2.45) is 0 Å². The van der Waals surface area contributed by atoms with Gasteiger partial charge < -0.3 is 15.0 Å². The molecule has 2 aromatic rings. The topological polar surface area (TPSA) is 67.2 Å². The van der Waals surface area contributed by atoms with Crippen LogP contribution in [-0.4, -0.2) is 20.6 Å². The van der Waals surface area contributed by atoms with Crippen LogP contribution in [-0.2, 0) is 0 Å². The second-order valence-corrected chi connectivity index (χ2v) is 5.30. The zero-order valence-corrected chi connectivity index (χ0v) is 11.6. The van der Waals surface area contributed by atoms with Crippen molar-refractivity contribution in [1.82, 2.24) is 9.55 Å². The molecule has 5 nitrogen and oxygen atoms in total. The predicted molar refractivity (Wildman–Crippen MR) is 74.3 cm³/mol. The normalized spacial score (nSPS) is 14.4. The van der Waals surface area contributed by atoms with Gasteiger partial charge in [0.25, 0.3) is 5.91 Å². The SMILES string of the molecule is O=C(Nc1nc(Br)ccc1O)c1cccn1C1CC1. The molecule has 2 heterocycles. The number of nitrogens with one attached hydrogen (secondary N) is 1. The zero-order chi connectivity index (χ0) is 13.4. The summed E-state index contributed by atoms with van der Waals surface area (Å²) >= 11 is 3.20. The van der Waals surface area contributed by atoms with E-state index >= 15 is 0 Å². The molecule has 0 radical (unpaired) electrons. The Balaban J connectivity index is 1.84. The highest BCUT2D eigenvalue weighted by atomic mass is 79.9. The molecule has 1 saturated carbocycles. The number of carbonyl (C=O) groups excluding carboxylic acids is 1. The Kier molecular flexibility index (Phi) is 3.02. The second kappa shape index (κ2) is 4.70. The molecule has 3 rings (SSSR count). The van der Waals surface area contributed by atoms with Gasteiger partial charge >= 0.3 is 0 Å². The Labute approximate surface area is 118 Å². The Morgan fingerprint density at radius 1 is 1.42 bits per heavy atom. The van der Waals surface area contributed by atoms with E-state index in [1.807, 2.05) is 16.8 Å². The third-order valence-electron chi connectivity index (χ3n) is 3.02. The molecule has 1 fully saturated rings. The molecule has 2 aromatic heterocycles. The Morgan fingerprint density at radius 2 is 2.21 bits per heavy atom. The number of rotatable bonds is 3. The van der Waals surface area contributed by atoms with Crippen LogP contribution < -0.4 is 5.32 Å². The molecule has 6 heteroatoms. The van der Waals surface area contributed by atoms with Crippen molar-refractivity contribution in [3.05, 3.63) is 40.8 Å². The quantitative estimate of drug-likeness (QED) is 0.854. The van der Waals surface area contributed by atoms with Crippen molar-refractivity contribution in [3.8, 4) is 5.75 Å². The van der Waals surface area contributed by atoms with Gasteiger partial charge in [0.2, 0.25) is 0 Å². The van der Waals surface area contributed by atoms with E-state index in [1.165, 1.54) is 6.07 Å². The minimum atomic E-state index is -0.266. The molecule has 98 valence electrons. The molecule has 0 unspecified atom stereocenters. The Hall–Kier alpha value is -1.82. The molecular weight excluding hydrogens is 310 g/mol. The minimum absolute atomic E-state index is 0.0546. The average Bonchev–Trinajstić information content (AvgIpc) is 3.11. The highest BCUT2D eigenvalue weighted by molar-refractivity contribution is 9.10. The molecule has 1 amide bonds. The number of pyridine rings is 1. The van der Waals surface area contributed by atoms with E-state index in [-0.39, 0.29) is 17.5 Å². The first-order valence-electron chi connectivity index (χ1n) is 5.99. The monoisotopic (exact) mass is 321 g/mol. The lowest BCUT2D eigenvalue weighted by molar-refractivity contribution is 0.101. The van der Waals surface area contributed by atoms with E-state index in [2.05, 4.69) is 26.2 Å². The first-order chi connectivity index (χ1) is 9.15.